The Bertz CT molecular complexity index is 604. The van der Waals surface area contributed by atoms with Crippen molar-refractivity contribution in [3.8, 4) is 0 Å². The van der Waals surface area contributed by atoms with Crippen molar-refractivity contribution in [3.63, 3.8) is 0 Å². The lowest BCUT2D eigenvalue weighted by molar-refractivity contribution is -0.119. The first kappa shape index (κ1) is 17.0. The van der Waals surface area contributed by atoms with Gasteiger partial charge in [0.1, 0.15) is 0 Å². The van der Waals surface area contributed by atoms with Gasteiger partial charge in [-0.15, -0.1) is 0 Å². The van der Waals surface area contributed by atoms with Crippen LogP contribution in [0.4, 0.5) is 0 Å². The fourth-order valence-electron chi connectivity index (χ4n) is 4.02. The van der Waals surface area contributed by atoms with Crippen LogP contribution in [0.2, 0.25) is 0 Å². The van der Waals surface area contributed by atoms with Gasteiger partial charge in [-0.05, 0) is 38.5 Å². The van der Waals surface area contributed by atoms with Crippen LogP contribution in [0.3, 0.4) is 0 Å². The molecule has 6 nitrogen and oxygen atoms in total. The largest absolute Gasteiger partial charge is 0.356 e. The van der Waals surface area contributed by atoms with Gasteiger partial charge in [0.2, 0.25) is 5.91 Å². The number of amides is 2. The number of likely N-dealkylation sites (tertiary alicyclic amines) is 1. The Morgan fingerprint density at radius 2 is 2.00 bits per heavy atom. The number of hydrogen-bond acceptors (Lipinski definition) is 3. The monoisotopic (exact) mass is 332 g/mol. The van der Waals surface area contributed by atoms with E-state index in [1.807, 2.05) is 11.8 Å². The molecule has 0 aromatic carbocycles. The smallest absolute Gasteiger partial charge is 0.257 e. The van der Waals surface area contributed by atoms with E-state index in [-0.39, 0.29) is 11.8 Å². The molecule has 2 heterocycles. The minimum atomic E-state index is -0.00728. The third-order valence-corrected chi connectivity index (χ3v) is 5.39. The van der Waals surface area contributed by atoms with Crippen LogP contribution >= 0.6 is 0 Å². The highest BCUT2D eigenvalue weighted by Crippen LogP contribution is 2.31. The van der Waals surface area contributed by atoms with Crippen LogP contribution in [0, 0.1) is 12.8 Å². The molecule has 1 aliphatic heterocycles. The SMILES string of the molecule is CC(=O)NC[C@H]1CCCN(C(=O)c2cnn(C3CCCC3)c2C)C1. The Morgan fingerprint density at radius 1 is 1.25 bits per heavy atom. The van der Waals surface area contributed by atoms with Crippen molar-refractivity contribution in [2.75, 3.05) is 19.6 Å². The average Bonchev–Trinajstić information content (AvgIpc) is 3.22. The highest BCUT2D eigenvalue weighted by Gasteiger charge is 2.28. The van der Waals surface area contributed by atoms with Crippen LogP contribution in [0.5, 0.6) is 0 Å². The number of carbonyl (C=O) groups excluding carboxylic acids is 2. The zero-order valence-corrected chi connectivity index (χ0v) is 14.8. The van der Waals surface area contributed by atoms with Crippen molar-refractivity contribution in [2.45, 2.75) is 58.4 Å². The van der Waals surface area contributed by atoms with Gasteiger partial charge in [0.15, 0.2) is 0 Å². The van der Waals surface area contributed by atoms with E-state index in [1.54, 1.807) is 6.20 Å². The summed E-state index contributed by atoms with van der Waals surface area (Å²) >= 11 is 0. The molecule has 1 aromatic rings. The van der Waals surface area contributed by atoms with Gasteiger partial charge in [0.25, 0.3) is 5.91 Å². The lowest BCUT2D eigenvalue weighted by Crippen LogP contribution is -2.43. The Morgan fingerprint density at radius 3 is 2.71 bits per heavy atom. The van der Waals surface area contributed by atoms with Crippen LogP contribution in [-0.4, -0.2) is 46.1 Å². The number of piperidine rings is 1. The normalized spacial score (nSPS) is 21.9. The highest BCUT2D eigenvalue weighted by molar-refractivity contribution is 5.95. The first-order valence-electron chi connectivity index (χ1n) is 9.14. The zero-order chi connectivity index (χ0) is 17.1. The lowest BCUT2D eigenvalue weighted by atomic mass is 9.97. The van der Waals surface area contributed by atoms with E-state index in [4.69, 9.17) is 0 Å². The predicted octanol–water partition coefficient (Wildman–Crippen LogP) is 2.29. The van der Waals surface area contributed by atoms with Gasteiger partial charge in [0.05, 0.1) is 17.8 Å². The summed E-state index contributed by atoms with van der Waals surface area (Å²) in [4.78, 5) is 25.9. The molecule has 1 aliphatic carbocycles. The standard InChI is InChI=1S/C18H28N4O2/c1-13-17(11-20-22(13)16-7-3-4-8-16)18(24)21-9-5-6-15(12-21)10-19-14(2)23/h11,15-16H,3-10,12H2,1-2H3,(H,19,23)/t15-/m1/s1. The molecule has 3 rings (SSSR count). The molecule has 24 heavy (non-hydrogen) atoms. The maximum absolute atomic E-state index is 12.9. The predicted molar refractivity (Wildman–Crippen MR) is 91.8 cm³/mol. The summed E-state index contributed by atoms with van der Waals surface area (Å²) in [6.45, 7) is 5.71. The van der Waals surface area contributed by atoms with Crippen LogP contribution in [0.15, 0.2) is 6.20 Å². The minimum absolute atomic E-state index is 0.00728. The molecule has 2 amide bonds. The second-order valence-corrected chi connectivity index (χ2v) is 7.22. The van der Waals surface area contributed by atoms with Crippen molar-refractivity contribution in [2.24, 2.45) is 5.92 Å². The lowest BCUT2D eigenvalue weighted by Gasteiger charge is -2.32. The van der Waals surface area contributed by atoms with E-state index >= 15 is 0 Å². The van der Waals surface area contributed by atoms with E-state index in [0.717, 1.165) is 30.6 Å². The van der Waals surface area contributed by atoms with Gasteiger partial charge in [-0.3, -0.25) is 14.3 Å². The number of nitrogens with zero attached hydrogens (tertiary/aromatic N) is 3. The van der Waals surface area contributed by atoms with Gasteiger partial charge in [0, 0.05) is 32.3 Å². The van der Waals surface area contributed by atoms with E-state index in [1.165, 1.54) is 32.6 Å². The fourth-order valence-corrected chi connectivity index (χ4v) is 4.02. The molecule has 2 aliphatic rings. The van der Waals surface area contributed by atoms with Crippen LogP contribution in [0.25, 0.3) is 0 Å². The third kappa shape index (κ3) is 3.62. The van der Waals surface area contributed by atoms with E-state index in [2.05, 4.69) is 15.1 Å². The highest BCUT2D eigenvalue weighted by atomic mass is 16.2. The zero-order valence-electron chi connectivity index (χ0n) is 14.8. The Kier molecular flexibility index (Phi) is 5.21. The van der Waals surface area contributed by atoms with Gasteiger partial charge in [-0.1, -0.05) is 12.8 Å². The second-order valence-electron chi connectivity index (χ2n) is 7.22. The first-order chi connectivity index (χ1) is 11.6. The van der Waals surface area contributed by atoms with Crippen molar-refractivity contribution >= 4 is 11.8 Å². The van der Waals surface area contributed by atoms with E-state index < -0.39 is 0 Å². The summed E-state index contributed by atoms with van der Waals surface area (Å²) in [5.41, 5.74) is 1.73. The van der Waals surface area contributed by atoms with Gasteiger partial charge in [-0.2, -0.15) is 5.10 Å². The number of aromatic nitrogens is 2. The number of carbonyl (C=O) groups is 2. The molecule has 0 bridgehead atoms. The molecule has 1 saturated heterocycles. The number of hydrogen-bond donors (Lipinski definition) is 1. The molecule has 0 unspecified atom stereocenters. The Hall–Kier alpha value is -1.85. The quantitative estimate of drug-likeness (QED) is 0.920. The van der Waals surface area contributed by atoms with E-state index in [9.17, 15) is 9.59 Å². The molecule has 2 fully saturated rings. The molecular weight excluding hydrogens is 304 g/mol. The summed E-state index contributed by atoms with van der Waals surface area (Å²) in [6.07, 6.45) is 8.63. The summed E-state index contributed by atoms with van der Waals surface area (Å²) < 4.78 is 2.05. The molecule has 1 atom stereocenters. The molecule has 0 spiro atoms. The topological polar surface area (TPSA) is 67.2 Å². The maximum Gasteiger partial charge on any atom is 0.257 e. The maximum atomic E-state index is 12.9. The second kappa shape index (κ2) is 7.36. The minimum Gasteiger partial charge on any atom is -0.356 e. The molecule has 132 valence electrons. The van der Waals surface area contributed by atoms with Crippen LogP contribution < -0.4 is 5.32 Å². The number of rotatable bonds is 4. The van der Waals surface area contributed by atoms with Gasteiger partial charge in [-0.25, -0.2) is 0 Å². The van der Waals surface area contributed by atoms with Crippen molar-refractivity contribution in [1.82, 2.24) is 20.0 Å². The average molecular weight is 332 g/mol. The van der Waals surface area contributed by atoms with Crippen molar-refractivity contribution in [3.05, 3.63) is 17.5 Å². The van der Waals surface area contributed by atoms with Gasteiger partial charge >= 0.3 is 0 Å². The van der Waals surface area contributed by atoms with E-state index in [0.29, 0.717) is 25.0 Å². The van der Waals surface area contributed by atoms with Gasteiger partial charge < -0.3 is 10.2 Å². The van der Waals surface area contributed by atoms with Crippen LogP contribution in [-0.2, 0) is 4.79 Å². The summed E-state index contributed by atoms with van der Waals surface area (Å²) in [6, 6.07) is 0.459. The van der Waals surface area contributed by atoms with Crippen LogP contribution in [0.1, 0.15) is 67.5 Å². The molecule has 0 radical (unpaired) electrons. The summed E-state index contributed by atoms with van der Waals surface area (Å²) in [5, 5.41) is 7.38. The molecule has 1 aromatic heterocycles. The fraction of sp³-hybridized carbons (Fsp3) is 0.722. The molecule has 1 N–H and O–H groups in total. The van der Waals surface area contributed by atoms with Crippen molar-refractivity contribution < 1.29 is 9.59 Å². The summed E-state index contributed by atoms with van der Waals surface area (Å²) in [5.74, 6) is 0.424. The molecular formula is C18H28N4O2. The third-order valence-electron chi connectivity index (χ3n) is 5.39. The summed E-state index contributed by atoms with van der Waals surface area (Å²) in [7, 11) is 0. The Balaban J connectivity index is 1.66. The molecule has 1 saturated carbocycles. The first-order valence-corrected chi connectivity index (χ1v) is 9.14. The molecule has 6 heteroatoms. The van der Waals surface area contributed by atoms with Crippen molar-refractivity contribution in [1.29, 1.82) is 0 Å². The Labute approximate surface area is 143 Å². The number of nitrogens with one attached hydrogen (secondary N) is 1.